The average molecular weight is 133 g/mol. The third-order valence-corrected chi connectivity index (χ3v) is 1.24. The fraction of sp³-hybridized carbons (Fsp3) is 0.125. The molecule has 0 aliphatic carbocycles. The first-order valence-corrected chi connectivity index (χ1v) is 3.03. The molecule has 0 atom stereocenters. The van der Waals surface area contributed by atoms with Crippen LogP contribution in [0.3, 0.4) is 0 Å². The molecular weight excluding hydrogens is 126 g/mol. The first kappa shape index (κ1) is 6.96. The van der Waals surface area contributed by atoms with E-state index in [1.807, 2.05) is 6.07 Å². The van der Waals surface area contributed by atoms with Crippen LogP contribution in [0.25, 0.3) is 0 Å². The Morgan fingerprint density at radius 2 is 1.90 bits per heavy atom. The number of carbonyl (C=O) groups excluding carboxylic acids is 1. The van der Waals surface area contributed by atoms with Crippen LogP contribution in [-0.2, 0) is 0 Å². The number of benzene rings is 1. The highest BCUT2D eigenvalue weighted by molar-refractivity contribution is 5.97. The average Bonchev–Trinajstić information content (AvgIpc) is 2.05. The molecule has 0 amide bonds. The third kappa shape index (κ3) is 1.42. The van der Waals surface area contributed by atoms with Crippen LogP contribution in [0, 0.1) is 0 Å². The number of hydrogen-bond acceptors (Lipinski definition) is 1. The largest absolute Gasteiger partial charge is 0.293 e. The monoisotopic (exact) mass is 133 g/mol. The summed E-state index contributed by atoms with van der Waals surface area (Å²) in [6.45, 7) is -0.413. The van der Waals surface area contributed by atoms with Crippen LogP contribution in [0.1, 0.15) is 10.4 Å². The molecule has 0 spiro atoms. The van der Waals surface area contributed by atoms with Gasteiger partial charge in [0, 0.05) is 5.56 Å². The fourth-order valence-electron chi connectivity index (χ4n) is 0.715. The van der Waals surface area contributed by atoms with Gasteiger partial charge in [0.15, 0.2) is 5.78 Å². The van der Waals surface area contributed by atoms with Gasteiger partial charge in [-0.15, -0.1) is 5.73 Å². The Labute approximate surface area is 59.7 Å². The maximum absolute atomic E-state index is 10.8. The summed E-state index contributed by atoms with van der Waals surface area (Å²) in [6.07, 6.45) is 0. The molecule has 2 heteroatoms. The zero-order chi connectivity index (χ0) is 7.40. The molecule has 1 aromatic rings. The Hall–Kier alpha value is -1.15. The van der Waals surface area contributed by atoms with Crippen LogP contribution in [0.2, 0.25) is 0 Å². The van der Waals surface area contributed by atoms with Crippen LogP contribution < -0.4 is 5.73 Å². The summed E-state index contributed by atoms with van der Waals surface area (Å²) in [5.74, 6) is -0.236. The molecule has 1 aromatic carbocycles. The van der Waals surface area contributed by atoms with Gasteiger partial charge in [-0.1, -0.05) is 30.3 Å². The van der Waals surface area contributed by atoms with Crippen LogP contribution in [-0.4, -0.2) is 12.3 Å². The molecule has 0 saturated carbocycles. The minimum atomic E-state index is -0.413. The first-order valence-electron chi connectivity index (χ1n) is 3.03. The van der Waals surface area contributed by atoms with Crippen molar-refractivity contribution in [3.05, 3.63) is 35.9 Å². The van der Waals surface area contributed by atoms with Gasteiger partial charge in [-0.25, -0.2) is 0 Å². The van der Waals surface area contributed by atoms with E-state index in [1.165, 1.54) is 0 Å². The second-order valence-corrected chi connectivity index (χ2v) is 1.95. The van der Waals surface area contributed by atoms with E-state index in [0.717, 1.165) is 0 Å². The van der Waals surface area contributed by atoms with Crippen LogP contribution in [0.5, 0.6) is 0 Å². The van der Waals surface area contributed by atoms with Gasteiger partial charge in [0.1, 0.15) is 0 Å². The molecule has 0 fully saturated rings. The minimum absolute atomic E-state index is 0.236. The summed E-state index contributed by atoms with van der Waals surface area (Å²) in [4.78, 5) is 10.8. The maximum atomic E-state index is 10.8. The molecule has 2 radical (unpaired) electrons. The molecule has 0 saturated heterocycles. The van der Waals surface area contributed by atoms with Crippen LogP contribution in [0.4, 0.5) is 0 Å². The Bertz CT molecular complexity index is 218. The van der Waals surface area contributed by atoms with Gasteiger partial charge in [0.25, 0.3) is 0 Å². The van der Waals surface area contributed by atoms with E-state index in [0.29, 0.717) is 5.56 Å². The van der Waals surface area contributed by atoms with E-state index in [-0.39, 0.29) is 5.78 Å². The molecule has 0 unspecified atom stereocenters. The highest BCUT2D eigenvalue weighted by Gasteiger charge is 2.00. The lowest BCUT2D eigenvalue weighted by Crippen LogP contribution is -2.04. The number of ketones is 1. The van der Waals surface area contributed by atoms with Gasteiger partial charge in [0.2, 0.25) is 0 Å². The van der Waals surface area contributed by atoms with Crippen molar-refractivity contribution in [2.75, 3.05) is 6.54 Å². The molecule has 2 nitrogen and oxygen atoms in total. The van der Waals surface area contributed by atoms with Crippen molar-refractivity contribution >= 4 is 5.78 Å². The van der Waals surface area contributed by atoms with Crippen molar-refractivity contribution in [3.63, 3.8) is 0 Å². The van der Waals surface area contributed by atoms with E-state index < -0.39 is 6.54 Å². The number of rotatable bonds is 2. The van der Waals surface area contributed by atoms with E-state index >= 15 is 0 Å². The molecule has 1 rings (SSSR count). The lowest BCUT2D eigenvalue weighted by Gasteiger charge is -1.92. The molecule has 0 N–H and O–H groups in total. The number of carbonyl (C=O) groups is 1. The van der Waals surface area contributed by atoms with Crippen molar-refractivity contribution in [2.24, 2.45) is 0 Å². The number of hydrogen-bond donors (Lipinski definition) is 0. The smallest absolute Gasteiger partial charge is 0.179 e. The van der Waals surface area contributed by atoms with Gasteiger partial charge in [-0.2, -0.15) is 0 Å². The standard InChI is InChI=1S/C8H7NO/c9-6-8(10)7-4-2-1-3-5-7/h1-5H,6H2. The summed E-state index contributed by atoms with van der Waals surface area (Å²) in [7, 11) is 0. The van der Waals surface area contributed by atoms with E-state index in [2.05, 4.69) is 0 Å². The Morgan fingerprint density at radius 1 is 1.30 bits per heavy atom. The topological polar surface area (TPSA) is 39.4 Å². The first-order chi connectivity index (χ1) is 4.84. The SMILES string of the molecule is [N]CC(=O)c1ccccc1. The van der Waals surface area contributed by atoms with E-state index in [9.17, 15) is 4.79 Å². The molecule has 10 heavy (non-hydrogen) atoms. The lowest BCUT2D eigenvalue weighted by molar-refractivity contribution is 0.0999. The van der Waals surface area contributed by atoms with Gasteiger partial charge in [-0.05, 0) is 0 Å². The summed E-state index contributed by atoms with van der Waals surface area (Å²) in [5, 5.41) is 0. The maximum Gasteiger partial charge on any atom is 0.179 e. The third-order valence-electron chi connectivity index (χ3n) is 1.24. The molecule has 50 valence electrons. The van der Waals surface area contributed by atoms with E-state index in [4.69, 9.17) is 5.73 Å². The molecular formula is C8H7NO. The van der Waals surface area contributed by atoms with Crippen LogP contribution in [0.15, 0.2) is 30.3 Å². The predicted octanol–water partition coefficient (Wildman–Crippen LogP) is 0.938. The minimum Gasteiger partial charge on any atom is -0.293 e. The highest BCUT2D eigenvalue weighted by atomic mass is 16.1. The zero-order valence-corrected chi connectivity index (χ0v) is 5.45. The quantitative estimate of drug-likeness (QED) is 0.553. The van der Waals surface area contributed by atoms with Crippen molar-refractivity contribution in [3.8, 4) is 0 Å². The Kier molecular flexibility index (Phi) is 2.18. The van der Waals surface area contributed by atoms with Crippen molar-refractivity contribution in [1.29, 1.82) is 0 Å². The summed E-state index contributed by atoms with van der Waals surface area (Å²) < 4.78 is 0. The van der Waals surface area contributed by atoms with Crippen LogP contribution >= 0.6 is 0 Å². The highest BCUT2D eigenvalue weighted by Crippen LogP contribution is 1.97. The zero-order valence-electron chi connectivity index (χ0n) is 5.45. The normalized spacial score (nSPS) is 9.30. The van der Waals surface area contributed by atoms with Gasteiger partial charge in [0.05, 0.1) is 6.54 Å². The van der Waals surface area contributed by atoms with E-state index in [1.54, 1.807) is 24.3 Å². The second-order valence-electron chi connectivity index (χ2n) is 1.95. The summed E-state index contributed by atoms with van der Waals surface area (Å²) >= 11 is 0. The van der Waals surface area contributed by atoms with Gasteiger partial charge >= 0.3 is 0 Å². The summed E-state index contributed by atoms with van der Waals surface area (Å²) in [5.41, 5.74) is 9.00. The molecule has 0 bridgehead atoms. The summed E-state index contributed by atoms with van der Waals surface area (Å²) in [6, 6.07) is 8.72. The Balaban J connectivity index is 2.85. The second kappa shape index (κ2) is 3.13. The molecule has 0 heterocycles. The Morgan fingerprint density at radius 3 is 2.40 bits per heavy atom. The van der Waals surface area contributed by atoms with Gasteiger partial charge < -0.3 is 0 Å². The molecule has 0 aliphatic heterocycles. The van der Waals surface area contributed by atoms with Crippen molar-refractivity contribution in [1.82, 2.24) is 5.73 Å². The predicted molar refractivity (Wildman–Crippen MR) is 37.8 cm³/mol. The molecule has 0 aromatic heterocycles. The van der Waals surface area contributed by atoms with Crippen molar-refractivity contribution < 1.29 is 4.79 Å². The number of Topliss-reactive ketones (excluding diaryl/α,β-unsaturated/α-hetero) is 1. The van der Waals surface area contributed by atoms with Gasteiger partial charge in [-0.3, -0.25) is 4.79 Å². The fourth-order valence-corrected chi connectivity index (χ4v) is 0.715. The van der Waals surface area contributed by atoms with Crippen molar-refractivity contribution in [2.45, 2.75) is 0 Å². The number of nitrogens with zero attached hydrogens (tertiary/aromatic N) is 1. The molecule has 0 aliphatic rings. The lowest BCUT2D eigenvalue weighted by atomic mass is 10.1.